The molecule has 1 heterocycles. The number of rotatable bonds is 5. The quantitative estimate of drug-likeness (QED) is 0.365. The Morgan fingerprint density at radius 3 is 2.50 bits per heavy atom. The second kappa shape index (κ2) is 9.21. The average molecular weight is 438 g/mol. The third-order valence-corrected chi connectivity index (χ3v) is 5.74. The summed E-state index contributed by atoms with van der Waals surface area (Å²) in [6, 6.07) is 16.9. The van der Waals surface area contributed by atoms with Gasteiger partial charge in [0.15, 0.2) is 0 Å². The summed E-state index contributed by atoms with van der Waals surface area (Å²) in [4.78, 5) is 12.6. The third-order valence-electron chi connectivity index (χ3n) is 4.93. The first kappa shape index (κ1) is 21.7. The summed E-state index contributed by atoms with van der Waals surface area (Å²) in [6.45, 7) is 5.91. The van der Waals surface area contributed by atoms with Gasteiger partial charge in [0.25, 0.3) is 5.91 Å². The number of nitrogens with one attached hydrogen (secondary N) is 1. The summed E-state index contributed by atoms with van der Waals surface area (Å²) in [5.74, 6) is -0.452. The number of nitrogens with zero attached hydrogens (tertiary/aromatic N) is 2. The van der Waals surface area contributed by atoms with Crippen molar-refractivity contribution in [2.75, 3.05) is 5.32 Å². The van der Waals surface area contributed by atoms with Crippen LogP contribution in [0.5, 0.6) is 0 Å². The van der Waals surface area contributed by atoms with E-state index in [1.165, 1.54) is 5.56 Å². The van der Waals surface area contributed by atoms with Crippen molar-refractivity contribution in [3.05, 3.63) is 86.7 Å². The van der Waals surface area contributed by atoms with Crippen molar-refractivity contribution in [1.29, 1.82) is 5.26 Å². The average Bonchev–Trinajstić information content (AvgIpc) is 3.01. The molecule has 0 saturated heterocycles. The molecule has 152 valence electrons. The smallest absolute Gasteiger partial charge is 0.266 e. The first-order valence-electron chi connectivity index (χ1n) is 9.51. The lowest BCUT2D eigenvalue weighted by molar-refractivity contribution is -0.112. The van der Waals surface area contributed by atoms with E-state index in [1.54, 1.807) is 12.1 Å². The standard InChI is InChI=1S/C24H21Cl2N3O/c1-4-17-8-10-20(11-9-17)28-24(30)19(14-27)13-18-12-15(2)29(16(18)3)22-7-5-6-21(25)23(22)26/h5-13H,4H2,1-3H3,(H,28,30)/b19-13+. The van der Waals surface area contributed by atoms with E-state index in [0.29, 0.717) is 15.7 Å². The molecule has 6 heteroatoms. The first-order valence-corrected chi connectivity index (χ1v) is 10.3. The molecule has 0 fully saturated rings. The normalized spacial score (nSPS) is 11.3. The van der Waals surface area contributed by atoms with Crippen LogP contribution in [0, 0.1) is 25.2 Å². The van der Waals surface area contributed by atoms with Crippen LogP contribution >= 0.6 is 23.2 Å². The zero-order valence-corrected chi connectivity index (χ0v) is 18.5. The highest BCUT2D eigenvalue weighted by Crippen LogP contribution is 2.32. The fourth-order valence-corrected chi connectivity index (χ4v) is 3.68. The van der Waals surface area contributed by atoms with E-state index in [9.17, 15) is 10.1 Å². The molecule has 0 aliphatic rings. The van der Waals surface area contributed by atoms with Gasteiger partial charge < -0.3 is 9.88 Å². The van der Waals surface area contributed by atoms with Crippen molar-refractivity contribution in [2.45, 2.75) is 27.2 Å². The Balaban J connectivity index is 1.93. The second-order valence-electron chi connectivity index (χ2n) is 6.91. The molecule has 0 bridgehead atoms. The Labute approximate surface area is 186 Å². The van der Waals surface area contributed by atoms with Crippen LogP contribution in [0.2, 0.25) is 10.0 Å². The molecular formula is C24H21Cl2N3O. The summed E-state index contributed by atoms with van der Waals surface area (Å²) in [5, 5.41) is 13.2. The van der Waals surface area contributed by atoms with Gasteiger partial charge in [-0.25, -0.2) is 0 Å². The number of carbonyl (C=O) groups excluding carboxylic acids is 1. The molecule has 4 nitrogen and oxygen atoms in total. The molecule has 0 atom stereocenters. The minimum Gasteiger partial charge on any atom is -0.321 e. The van der Waals surface area contributed by atoms with E-state index < -0.39 is 5.91 Å². The van der Waals surface area contributed by atoms with Gasteiger partial charge in [-0.05, 0) is 67.8 Å². The second-order valence-corrected chi connectivity index (χ2v) is 7.69. The van der Waals surface area contributed by atoms with Gasteiger partial charge in [-0.1, -0.05) is 48.3 Å². The van der Waals surface area contributed by atoms with Gasteiger partial charge in [0.2, 0.25) is 0 Å². The van der Waals surface area contributed by atoms with Crippen LogP contribution in [-0.2, 0) is 11.2 Å². The van der Waals surface area contributed by atoms with E-state index in [1.807, 2.05) is 66.9 Å². The lowest BCUT2D eigenvalue weighted by atomic mass is 10.1. The Kier molecular flexibility index (Phi) is 6.66. The summed E-state index contributed by atoms with van der Waals surface area (Å²) >= 11 is 12.6. The number of hydrogen-bond acceptors (Lipinski definition) is 2. The van der Waals surface area contributed by atoms with Crippen molar-refractivity contribution >= 4 is 40.9 Å². The Morgan fingerprint density at radius 2 is 1.87 bits per heavy atom. The summed E-state index contributed by atoms with van der Waals surface area (Å²) in [7, 11) is 0. The molecule has 0 aliphatic carbocycles. The molecule has 3 aromatic rings. The predicted octanol–water partition coefficient (Wildman–Crippen LogP) is 6.51. The van der Waals surface area contributed by atoms with Crippen molar-refractivity contribution in [1.82, 2.24) is 4.57 Å². The maximum atomic E-state index is 12.6. The largest absolute Gasteiger partial charge is 0.321 e. The highest BCUT2D eigenvalue weighted by molar-refractivity contribution is 6.43. The molecule has 3 rings (SSSR count). The van der Waals surface area contributed by atoms with Crippen LogP contribution in [0.4, 0.5) is 5.69 Å². The fourth-order valence-electron chi connectivity index (χ4n) is 3.30. The fraction of sp³-hybridized carbons (Fsp3) is 0.167. The Hall–Kier alpha value is -3.00. The Morgan fingerprint density at radius 1 is 1.17 bits per heavy atom. The van der Waals surface area contributed by atoms with E-state index in [4.69, 9.17) is 23.2 Å². The summed E-state index contributed by atoms with van der Waals surface area (Å²) in [5.41, 5.74) is 5.12. The van der Waals surface area contributed by atoms with Crippen LogP contribution in [0.3, 0.4) is 0 Å². The van der Waals surface area contributed by atoms with E-state index >= 15 is 0 Å². The molecule has 30 heavy (non-hydrogen) atoms. The van der Waals surface area contributed by atoms with Crippen molar-refractivity contribution in [3.8, 4) is 11.8 Å². The van der Waals surface area contributed by atoms with E-state index in [2.05, 4.69) is 12.2 Å². The van der Waals surface area contributed by atoms with Gasteiger partial charge in [0.1, 0.15) is 11.6 Å². The van der Waals surface area contributed by atoms with Gasteiger partial charge >= 0.3 is 0 Å². The maximum Gasteiger partial charge on any atom is 0.266 e. The SMILES string of the molecule is CCc1ccc(NC(=O)/C(C#N)=C/c2cc(C)n(-c3cccc(Cl)c3Cl)c2C)cc1. The topological polar surface area (TPSA) is 57.8 Å². The lowest BCUT2D eigenvalue weighted by Crippen LogP contribution is -2.13. The van der Waals surface area contributed by atoms with Crippen LogP contribution in [0.25, 0.3) is 11.8 Å². The van der Waals surface area contributed by atoms with Gasteiger partial charge in [-0.2, -0.15) is 5.26 Å². The maximum absolute atomic E-state index is 12.6. The van der Waals surface area contributed by atoms with Crippen molar-refractivity contribution < 1.29 is 4.79 Å². The summed E-state index contributed by atoms with van der Waals surface area (Å²) in [6.07, 6.45) is 2.51. The number of halogens is 2. The van der Waals surface area contributed by atoms with E-state index in [0.717, 1.165) is 29.1 Å². The zero-order chi connectivity index (χ0) is 21.8. The number of aromatic nitrogens is 1. The number of benzene rings is 2. The number of nitriles is 1. The molecule has 0 spiro atoms. The zero-order valence-electron chi connectivity index (χ0n) is 17.0. The highest BCUT2D eigenvalue weighted by Gasteiger charge is 2.16. The predicted molar refractivity (Wildman–Crippen MR) is 123 cm³/mol. The molecule has 1 N–H and O–H groups in total. The number of aryl methyl sites for hydroxylation is 2. The van der Waals surface area contributed by atoms with Crippen LogP contribution in [-0.4, -0.2) is 10.5 Å². The molecule has 2 aromatic carbocycles. The minimum atomic E-state index is -0.452. The van der Waals surface area contributed by atoms with Crippen LogP contribution < -0.4 is 5.32 Å². The molecular weight excluding hydrogens is 417 g/mol. The van der Waals surface area contributed by atoms with Gasteiger partial charge in [0.05, 0.1) is 15.7 Å². The van der Waals surface area contributed by atoms with E-state index in [-0.39, 0.29) is 5.57 Å². The number of amides is 1. The van der Waals surface area contributed by atoms with Crippen LogP contribution in [0.1, 0.15) is 29.4 Å². The Bertz CT molecular complexity index is 1170. The molecule has 0 unspecified atom stereocenters. The van der Waals surface area contributed by atoms with Crippen molar-refractivity contribution in [3.63, 3.8) is 0 Å². The molecule has 0 radical (unpaired) electrons. The van der Waals surface area contributed by atoms with Gasteiger partial charge in [-0.3, -0.25) is 4.79 Å². The minimum absolute atomic E-state index is 0.0204. The van der Waals surface area contributed by atoms with Gasteiger partial charge in [0, 0.05) is 17.1 Å². The summed E-state index contributed by atoms with van der Waals surface area (Å²) < 4.78 is 1.95. The van der Waals surface area contributed by atoms with Crippen LogP contribution in [0.15, 0.2) is 54.1 Å². The molecule has 1 amide bonds. The van der Waals surface area contributed by atoms with Gasteiger partial charge in [-0.15, -0.1) is 0 Å². The lowest BCUT2D eigenvalue weighted by Gasteiger charge is -2.12. The third kappa shape index (κ3) is 4.43. The number of carbonyl (C=O) groups is 1. The first-order chi connectivity index (χ1) is 14.3. The molecule has 0 aliphatic heterocycles. The highest BCUT2D eigenvalue weighted by atomic mass is 35.5. The molecule has 1 aromatic heterocycles. The number of hydrogen-bond donors (Lipinski definition) is 1. The monoisotopic (exact) mass is 437 g/mol. The molecule has 0 saturated carbocycles. The number of anilines is 1. The van der Waals surface area contributed by atoms with Crippen molar-refractivity contribution in [2.24, 2.45) is 0 Å².